The molecule has 0 saturated heterocycles. The van der Waals surface area contributed by atoms with E-state index in [2.05, 4.69) is 17.4 Å². The number of benzene rings is 1. The van der Waals surface area contributed by atoms with Gasteiger partial charge in [-0.3, -0.25) is 0 Å². The molecule has 0 spiro atoms. The van der Waals surface area contributed by atoms with Gasteiger partial charge in [0.05, 0.1) is 12.2 Å². The standard InChI is InChI=1S/C15H22ClNO/c1-17-11-15(12-7-9-13(16)10-8-12)18-14-5-3-2-4-6-14/h7-10,14-15,17H,2-6,11H2,1H3. The van der Waals surface area contributed by atoms with Gasteiger partial charge in [-0.05, 0) is 37.6 Å². The Bertz CT molecular complexity index is 346. The molecule has 2 rings (SSSR count). The Morgan fingerprint density at radius 1 is 1.22 bits per heavy atom. The Morgan fingerprint density at radius 3 is 2.50 bits per heavy atom. The molecule has 1 aromatic carbocycles. The molecule has 0 amide bonds. The minimum atomic E-state index is 0.135. The van der Waals surface area contributed by atoms with Gasteiger partial charge in [-0.15, -0.1) is 0 Å². The smallest absolute Gasteiger partial charge is 0.0952 e. The van der Waals surface area contributed by atoms with Gasteiger partial charge in [-0.1, -0.05) is 43.0 Å². The molecule has 0 aliphatic heterocycles. The molecular weight excluding hydrogens is 246 g/mol. The highest BCUT2D eigenvalue weighted by molar-refractivity contribution is 6.30. The normalized spacial score (nSPS) is 18.8. The van der Waals surface area contributed by atoms with Gasteiger partial charge in [-0.2, -0.15) is 0 Å². The van der Waals surface area contributed by atoms with Crippen molar-refractivity contribution >= 4 is 11.6 Å². The first-order chi connectivity index (χ1) is 8.79. The summed E-state index contributed by atoms with van der Waals surface area (Å²) in [5.74, 6) is 0. The maximum absolute atomic E-state index is 6.25. The third-order valence-corrected chi connectivity index (χ3v) is 3.79. The van der Waals surface area contributed by atoms with Crippen molar-refractivity contribution in [3.63, 3.8) is 0 Å². The quantitative estimate of drug-likeness (QED) is 0.872. The minimum absolute atomic E-state index is 0.135. The zero-order valence-electron chi connectivity index (χ0n) is 11.0. The first kappa shape index (κ1) is 13.9. The van der Waals surface area contributed by atoms with Crippen LogP contribution >= 0.6 is 11.6 Å². The largest absolute Gasteiger partial charge is 0.369 e. The number of likely N-dealkylation sites (N-methyl/N-ethyl adjacent to an activating group) is 1. The van der Waals surface area contributed by atoms with E-state index < -0.39 is 0 Å². The lowest BCUT2D eigenvalue weighted by Gasteiger charge is -2.28. The molecule has 0 radical (unpaired) electrons. The summed E-state index contributed by atoms with van der Waals surface area (Å²) in [7, 11) is 1.97. The van der Waals surface area contributed by atoms with Crippen molar-refractivity contribution in [3.05, 3.63) is 34.9 Å². The molecule has 1 aliphatic carbocycles. The van der Waals surface area contributed by atoms with Crippen LogP contribution in [-0.4, -0.2) is 19.7 Å². The van der Waals surface area contributed by atoms with Crippen molar-refractivity contribution in [2.24, 2.45) is 0 Å². The van der Waals surface area contributed by atoms with Crippen molar-refractivity contribution in [3.8, 4) is 0 Å². The summed E-state index contributed by atoms with van der Waals surface area (Å²) in [5.41, 5.74) is 1.21. The molecule has 3 heteroatoms. The SMILES string of the molecule is CNCC(OC1CCCCC1)c1ccc(Cl)cc1. The summed E-state index contributed by atoms with van der Waals surface area (Å²) < 4.78 is 6.25. The van der Waals surface area contributed by atoms with Crippen molar-refractivity contribution in [2.45, 2.75) is 44.3 Å². The second-order valence-electron chi connectivity index (χ2n) is 4.99. The van der Waals surface area contributed by atoms with E-state index in [1.165, 1.54) is 37.7 Å². The third kappa shape index (κ3) is 3.98. The first-order valence-corrected chi connectivity index (χ1v) is 7.23. The zero-order chi connectivity index (χ0) is 12.8. The average Bonchev–Trinajstić information content (AvgIpc) is 2.40. The van der Waals surface area contributed by atoms with Crippen LogP contribution in [0.5, 0.6) is 0 Å². The second-order valence-corrected chi connectivity index (χ2v) is 5.43. The van der Waals surface area contributed by atoms with E-state index in [0.717, 1.165) is 11.6 Å². The fourth-order valence-corrected chi connectivity index (χ4v) is 2.67. The van der Waals surface area contributed by atoms with Crippen LogP contribution in [0.15, 0.2) is 24.3 Å². The fourth-order valence-electron chi connectivity index (χ4n) is 2.54. The van der Waals surface area contributed by atoms with E-state index in [-0.39, 0.29) is 6.10 Å². The highest BCUT2D eigenvalue weighted by atomic mass is 35.5. The maximum Gasteiger partial charge on any atom is 0.0952 e. The van der Waals surface area contributed by atoms with Crippen LogP contribution in [0.4, 0.5) is 0 Å². The van der Waals surface area contributed by atoms with Gasteiger partial charge in [0.15, 0.2) is 0 Å². The van der Waals surface area contributed by atoms with Crippen LogP contribution in [0.3, 0.4) is 0 Å². The Labute approximate surface area is 115 Å². The van der Waals surface area contributed by atoms with Crippen molar-refractivity contribution < 1.29 is 4.74 Å². The molecule has 0 bridgehead atoms. The number of hydrogen-bond acceptors (Lipinski definition) is 2. The zero-order valence-corrected chi connectivity index (χ0v) is 11.7. The fraction of sp³-hybridized carbons (Fsp3) is 0.600. The molecule has 1 aromatic rings. The molecule has 0 aromatic heterocycles. The van der Waals surface area contributed by atoms with E-state index >= 15 is 0 Å². The molecule has 2 nitrogen and oxygen atoms in total. The summed E-state index contributed by atoms with van der Waals surface area (Å²) in [5, 5.41) is 3.99. The molecule has 1 aliphatic rings. The molecule has 1 fully saturated rings. The van der Waals surface area contributed by atoms with E-state index in [4.69, 9.17) is 16.3 Å². The molecule has 0 heterocycles. The van der Waals surface area contributed by atoms with Crippen LogP contribution in [0.25, 0.3) is 0 Å². The minimum Gasteiger partial charge on any atom is -0.369 e. The highest BCUT2D eigenvalue weighted by Crippen LogP contribution is 2.27. The number of rotatable bonds is 5. The summed E-state index contributed by atoms with van der Waals surface area (Å²) >= 11 is 5.93. The van der Waals surface area contributed by atoms with Gasteiger partial charge >= 0.3 is 0 Å². The number of hydrogen-bond donors (Lipinski definition) is 1. The van der Waals surface area contributed by atoms with E-state index in [1.807, 2.05) is 19.2 Å². The average molecular weight is 268 g/mol. The lowest BCUT2D eigenvalue weighted by molar-refractivity contribution is -0.0298. The van der Waals surface area contributed by atoms with Crippen molar-refractivity contribution in [2.75, 3.05) is 13.6 Å². The van der Waals surface area contributed by atoms with Gasteiger partial charge in [0.1, 0.15) is 0 Å². The highest BCUT2D eigenvalue weighted by Gasteiger charge is 2.20. The molecule has 1 N–H and O–H groups in total. The lowest BCUT2D eigenvalue weighted by Crippen LogP contribution is -2.26. The predicted octanol–water partition coefficient (Wildman–Crippen LogP) is 3.95. The first-order valence-electron chi connectivity index (χ1n) is 6.85. The lowest BCUT2D eigenvalue weighted by atomic mass is 9.97. The van der Waals surface area contributed by atoms with E-state index in [9.17, 15) is 0 Å². The van der Waals surface area contributed by atoms with Gasteiger partial charge < -0.3 is 10.1 Å². The Balaban J connectivity index is 2.00. The Hall–Kier alpha value is -0.570. The van der Waals surface area contributed by atoms with E-state index in [0.29, 0.717) is 6.10 Å². The number of ether oxygens (including phenoxy) is 1. The molecule has 1 atom stereocenters. The monoisotopic (exact) mass is 267 g/mol. The van der Waals surface area contributed by atoms with Crippen LogP contribution in [0, 0.1) is 0 Å². The molecule has 1 saturated carbocycles. The van der Waals surface area contributed by atoms with Crippen LogP contribution in [-0.2, 0) is 4.74 Å². The molecule has 100 valence electrons. The predicted molar refractivity (Wildman–Crippen MR) is 76.1 cm³/mol. The van der Waals surface area contributed by atoms with Gasteiger partial charge in [0.25, 0.3) is 0 Å². The van der Waals surface area contributed by atoms with E-state index in [1.54, 1.807) is 0 Å². The van der Waals surface area contributed by atoms with Crippen LogP contribution in [0.2, 0.25) is 5.02 Å². The number of halogens is 1. The van der Waals surface area contributed by atoms with Crippen molar-refractivity contribution in [1.82, 2.24) is 5.32 Å². The summed E-state index contributed by atoms with van der Waals surface area (Å²) in [6.45, 7) is 0.845. The van der Waals surface area contributed by atoms with Crippen LogP contribution in [0.1, 0.15) is 43.8 Å². The number of nitrogens with one attached hydrogen (secondary N) is 1. The Kier molecular flexibility index (Phi) is 5.48. The third-order valence-electron chi connectivity index (χ3n) is 3.54. The molecule has 1 unspecified atom stereocenters. The van der Waals surface area contributed by atoms with Gasteiger partial charge in [0.2, 0.25) is 0 Å². The second kappa shape index (κ2) is 7.13. The maximum atomic E-state index is 6.25. The summed E-state index contributed by atoms with van der Waals surface area (Å²) in [6.07, 6.45) is 6.93. The molecule has 18 heavy (non-hydrogen) atoms. The van der Waals surface area contributed by atoms with Gasteiger partial charge in [-0.25, -0.2) is 0 Å². The van der Waals surface area contributed by atoms with Gasteiger partial charge in [0, 0.05) is 11.6 Å². The topological polar surface area (TPSA) is 21.3 Å². The Morgan fingerprint density at radius 2 is 1.89 bits per heavy atom. The molecular formula is C15H22ClNO. The summed E-state index contributed by atoms with van der Waals surface area (Å²) in [6, 6.07) is 7.99. The van der Waals surface area contributed by atoms with Crippen LogP contribution < -0.4 is 5.32 Å². The summed E-state index contributed by atoms with van der Waals surface area (Å²) in [4.78, 5) is 0. The van der Waals surface area contributed by atoms with Crippen molar-refractivity contribution in [1.29, 1.82) is 0 Å².